The van der Waals surface area contributed by atoms with Gasteiger partial charge >= 0.3 is 0 Å². The number of carbonyl (C=O) groups is 1. The Morgan fingerprint density at radius 3 is 2.59 bits per heavy atom. The minimum atomic E-state index is -0.0522. The van der Waals surface area contributed by atoms with Crippen molar-refractivity contribution < 1.29 is 14.3 Å². The molecule has 3 aromatic rings. The summed E-state index contributed by atoms with van der Waals surface area (Å²) in [4.78, 5) is 24.3. The molecule has 6 rings (SSSR count). The number of nitrogens with zero attached hydrogens (tertiary/aromatic N) is 3. The Hall–Kier alpha value is -3.53. The van der Waals surface area contributed by atoms with Crippen LogP contribution in [0.25, 0.3) is 0 Å². The van der Waals surface area contributed by atoms with Crippen LogP contribution in [0, 0.1) is 0 Å². The van der Waals surface area contributed by atoms with Crippen LogP contribution in [0.1, 0.15) is 51.8 Å². The molecule has 3 N–H and O–H groups in total. The summed E-state index contributed by atoms with van der Waals surface area (Å²) in [6.45, 7) is 6.36. The monoisotopic (exact) mass is 528 g/mol. The molecule has 2 fully saturated rings. The van der Waals surface area contributed by atoms with Gasteiger partial charge in [-0.25, -0.2) is 9.97 Å². The van der Waals surface area contributed by atoms with Crippen LogP contribution in [0.4, 0.5) is 11.6 Å². The molecule has 0 bridgehead atoms. The number of aromatic nitrogens is 2. The van der Waals surface area contributed by atoms with E-state index in [1.165, 1.54) is 5.56 Å². The van der Waals surface area contributed by atoms with Crippen LogP contribution in [0.2, 0.25) is 0 Å². The molecule has 1 amide bonds. The maximum atomic E-state index is 12.8. The number of nitrogens with one attached hydrogen (secondary N) is 3. The van der Waals surface area contributed by atoms with E-state index >= 15 is 0 Å². The summed E-state index contributed by atoms with van der Waals surface area (Å²) in [6.07, 6.45) is 3.99. The van der Waals surface area contributed by atoms with Crippen LogP contribution in [0.15, 0.2) is 60.9 Å². The van der Waals surface area contributed by atoms with Crippen LogP contribution in [-0.4, -0.2) is 79.4 Å². The number of carbonyl (C=O) groups excluding carboxylic acids is 1. The maximum Gasteiger partial charge on any atom is 0.251 e. The summed E-state index contributed by atoms with van der Waals surface area (Å²) in [5, 5.41) is 10.2. The number of hydrogen-bond donors (Lipinski definition) is 3. The lowest BCUT2D eigenvalue weighted by Crippen LogP contribution is -2.41. The fraction of sp³-hybridized carbons (Fsp3) is 0.433. The predicted octanol–water partition coefficient (Wildman–Crippen LogP) is 3.43. The standard InChI is InChI=1S/C30H36N6O3/c37-30(31-12-13-36-14-17-38-18-15-36)23-10-8-22(9-11-23)27-25(21-5-2-1-3-6-21)26-28(33-20-34-29(26)35-27)32-19-24-7-4-16-39-24/h1-3,5-6,8-11,20,24-25,27H,4,7,12-19H2,(H,31,37)(H2,32,33,34,35). The van der Waals surface area contributed by atoms with Crippen molar-refractivity contribution in [3.05, 3.63) is 83.2 Å². The molecule has 3 atom stereocenters. The van der Waals surface area contributed by atoms with Crippen molar-refractivity contribution in [3.63, 3.8) is 0 Å². The molecular formula is C30H36N6O3. The SMILES string of the molecule is O=C(NCCN1CCOCC1)c1ccc(C2Nc3ncnc(NCC4CCCO4)c3C2c2ccccc2)cc1. The molecule has 0 saturated carbocycles. The van der Waals surface area contributed by atoms with E-state index in [9.17, 15) is 4.79 Å². The highest BCUT2D eigenvalue weighted by Crippen LogP contribution is 2.49. The number of amides is 1. The molecule has 9 nitrogen and oxygen atoms in total. The van der Waals surface area contributed by atoms with Gasteiger partial charge in [-0.3, -0.25) is 9.69 Å². The summed E-state index contributed by atoms with van der Waals surface area (Å²) in [6, 6.07) is 18.3. The predicted molar refractivity (Wildman–Crippen MR) is 150 cm³/mol. The molecular weight excluding hydrogens is 492 g/mol. The highest BCUT2D eigenvalue weighted by molar-refractivity contribution is 5.94. The average Bonchev–Trinajstić information content (AvgIpc) is 3.66. The van der Waals surface area contributed by atoms with E-state index < -0.39 is 0 Å². The van der Waals surface area contributed by atoms with Gasteiger partial charge in [-0.15, -0.1) is 0 Å². The van der Waals surface area contributed by atoms with Gasteiger partial charge in [0.05, 0.1) is 25.4 Å². The van der Waals surface area contributed by atoms with E-state index in [0.717, 1.165) is 81.6 Å². The molecule has 0 spiro atoms. The largest absolute Gasteiger partial charge is 0.379 e. The molecule has 2 aromatic carbocycles. The van der Waals surface area contributed by atoms with Crippen molar-refractivity contribution >= 4 is 17.5 Å². The molecule has 3 aliphatic rings. The Labute approximate surface area is 229 Å². The van der Waals surface area contributed by atoms with E-state index in [0.29, 0.717) is 12.1 Å². The lowest BCUT2D eigenvalue weighted by Gasteiger charge is -2.26. The van der Waals surface area contributed by atoms with Crippen molar-refractivity contribution in [3.8, 4) is 0 Å². The molecule has 0 aliphatic carbocycles. The summed E-state index contributed by atoms with van der Waals surface area (Å²) in [5.74, 6) is 1.64. The smallest absolute Gasteiger partial charge is 0.251 e. The molecule has 3 aliphatic heterocycles. The number of benzene rings is 2. The van der Waals surface area contributed by atoms with Gasteiger partial charge in [-0.05, 0) is 36.1 Å². The second kappa shape index (κ2) is 12.1. The molecule has 4 heterocycles. The summed E-state index contributed by atoms with van der Waals surface area (Å²) in [7, 11) is 0. The normalized spacial score (nSPS) is 22.7. The number of hydrogen-bond acceptors (Lipinski definition) is 8. The van der Waals surface area contributed by atoms with Gasteiger partial charge in [0.2, 0.25) is 0 Å². The van der Waals surface area contributed by atoms with E-state index in [-0.39, 0.29) is 24.0 Å². The lowest BCUT2D eigenvalue weighted by molar-refractivity contribution is 0.0383. The minimum absolute atomic E-state index is 0.0163. The molecule has 9 heteroatoms. The van der Waals surface area contributed by atoms with Crippen molar-refractivity contribution in [1.29, 1.82) is 0 Å². The van der Waals surface area contributed by atoms with Gasteiger partial charge in [-0.1, -0.05) is 42.5 Å². The zero-order chi connectivity index (χ0) is 26.4. The molecule has 1 aromatic heterocycles. The first-order valence-corrected chi connectivity index (χ1v) is 14.0. The average molecular weight is 529 g/mol. The van der Waals surface area contributed by atoms with Crippen LogP contribution >= 0.6 is 0 Å². The second-order valence-corrected chi connectivity index (χ2v) is 10.3. The third kappa shape index (κ3) is 5.90. The van der Waals surface area contributed by atoms with Crippen LogP contribution in [-0.2, 0) is 9.47 Å². The first-order valence-electron chi connectivity index (χ1n) is 14.0. The van der Waals surface area contributed by atoms with Crippen molar-refractivity contribution in [2.45, 2.75) is 30.9 Å². The topological polar surface area (TPSA) is 101 Å². The second-order valence-electron chi connectivity index (χ2n) is 10.3. The van der Waals surface area contributed by atoms with Gasteiger partial charge in [0, 0.05) is 56.4 Å². The first-order chi connectivity index (χ1) is 19.3. The number of ether oxygens (including phenoxy) is 2. The molecule has 3 unspecified atom stereocenters. The van der Waals surface area contributed by atoms with Crippen LogP contribution < -0.4 is 16.0 Å². The third-order valence-electron chi connectivity index (χ3n) is 7.85. The van der Waals surface area contributed by atoms with Crippen molar-refractivity contribution in [2.24, 2.45) is 0 Å². The van der Waals surface area contributed by atoms with Crippen LogP contribution in [0.3, 0.4) is 0 Å². The summed E-state index contributed by atoms with van der Waals surface area (Å²) in [5.41, 5.74) is 4.01. The Bertz CT molecular complexity index is 1240. The van der Waals surface area contributed by atoms with Gasteiger partial charge in [-0.2, -0.15) is 0 Å². The van der Waals surface area contributed by atoms with Gasteiger partial charge < -0.3 is 25.4 Å². The van der Waals surface area contributed by atoms with E-state index in [1.54, 1.807) is 6.33 Å². The van der Waals surface area contributed by atoms with Crippen molar-refractivity contribution in [2.75, 3.05) is 63.2 Å². The number of morpholine rings is 1. The van der Waals surface area contributed by atoms with Gasteiger partial charge in [0.1, 0.15) is 18.0 Å². The van der Waals surface area contributed by atoms with Crippen molar-refractivity contribution in [1.82, 2.24) is 20.2 Å². The van der Waals surface area contributed by atoms with Gasteiger partial charge in [0.25, 0.3) is 5.91 Å². The Kier molecular flexibility index (Phi) is 7.99. The third-order valence-corrected chi connectivity index (χ3v) is 7.85. The van der Waals surface area contributed by atoms with Gasteiger partial charge in [0.15, 0.2) is 0 Å². The lowest BCUT2D eigenvalue weighted by atomic mass is 9.85. The van der Waals surface area contributed by atoms with E-state index in [1.807, 2.05) is 30.3 Å². The number of anilines is 2. The number of fused-ring (bicyclic) bond motifs is 1. The molecule has 204 valence electrons. The minimum Gasteiger partial charge on any atom is -0.379 e. The first kappa shape index (κ1) is 25.7. The van der Waals surface area contributed by atoms with E-state index in [4.69, 9.17) is 9.47 Å². The summed E-state index contributed by atoms with van der Waals surface area (Å²) >= 11 is 0. The molecule has 2 saturated heterocycles. The molecule has 39 heavy (non-hydrogen) atoms. The zero-order valence-electron chi connectivity index (χ0n) is 22.1. The Morgan fingerprint density at radius 1 is 1.00 bits per heavy atom. The number of rotatable bonds is 9. The van der Waals surface area contributed by atoms with E-state index in [2.05, 4.69) is 55.1 Å². The Balaban J connectivity index is 1.19. The highest BCUT2D eigenvalue weighted by atomic mass is 16.5. The zero-order valence-corrected chi connectivity index (χ0v) is 22.1. The Morgan fingerprint density at radius 2 is 1.82 bits per heavy atom. The summed E-state index contributed by atoms with van der Waals surface area (Å²) < 4.78 is 11.2. The quantitative estimate of drug-likeness (QED) is 0.389. The highest BCUT2D eigenvalue weighted by Gasteiger charge is 2.38. The fourth-order valence-electron chi connectivity index (χ4n) is 5.75. The maximum absolute atomic E-state index is 12.8. The van der Waals surface area contributed by atoms with Crippen LogP contribution in [0.5, 0.6) is 0 Å². The fourth-order valence-corrected chi connectivity index (χ4v) is 5.75. The molecule has 0 radical (unpaired) electrons.